The van der Waals surface area contributed by atoms with Gasteiger partial charge in [0, 0.05) is 6.07 Å². The summed E-state index contributed by atoms with van der Waals surface area (Å²) in [5.41, 5.74) is 2.15. The van der Waals surface area contributed by atoms with E-state index < -0.39 is 22.0 Å². The highest BCUT2D eigenvalue weighted by atomic mass is 32.2. The van der Waals surface area contributed by atoms with Crippen molar-refractivity contribution in [2.24, 2.45) is 0 Å². The van der Waals surface area contributed by atoms with Crippen LogP contribution in [0.1, 0.15) is 29.1 Å². The third-order valence-electron chi connectivity index (χ3n) is 3.97. The van der Waals surface area contributed by atoms with Gasteiger partial charge in [-0.3, -0.25) is 4.79 Å². The van der Waals surface area contributed by atoms with Gasteiger partial charge in [0.2, 0.25) is 0 Å². The highest BCUT2D eigenvalue weighted by Crippen LogP contribution is 2.28. The van der Waals surface area contributed by atoms with Crippen LogP contribution in [0.3, 0.4) is 0 Å². The van der Waals surface area contributed by atoms with E-state index in [1.165, 1.54) is 6.07 Å². The van der Waals surface area contributed by atoms with E-state index >= 15 is 0 Å². The molecule has 3 rings (SSSR count). The van der Waals surface area contributed by atoms with E-state index in [9.17, 15) is 13.2 Å². The van der Waals surface area contributed by atoms with Crippen LogP contribution in [-0.2, 0) is 21.2 Å². The maximum atomic E-state index is 12.4. The Morgan fingerprint density at radius 2 is 1.96 bits per heavy atom. The van der Waals surface area contributed by atoms with E-state index in [0.29, 0.717) is 24.4 Å². The van der Waals surface area contributed by atoms with Gasteiger partial charge in [-0.2, -0.15) is 0 Å². The number of amides is 1. The van der Waals surface area contributed by atoms with Crippen molar-refractivity contribution >= 4 is 15.9 Å². The normalized spacial score (nSPS) is 17.0. The molecule has 2 heterocycles. The summed E-state index contributed by atoms with van der Waals surface area (Å²) < 4.78 is 37.7. The van der Waals surface area contributed by atoms with Gasteiger partial charge in [0.05, 0.1) is 0 Å². The Labute approximate surface area is 140 Å². The summed E-state index contributed by atoms with van der Waals surface area (Å²) in [5.74, 6) is 0.677. The highest BCUT2D eigenvalue weighted by molar-refractivity contribution is 7.90. The molecule has 1 aliphatic rings. The second-order valence-corrected chi connectivity index (χ2v) is 7.65. The molecular weight excluding hydrogens is 330 g/mol. The van der Waals surface area contributed by atoms with Gasteiger partial charge in [0.1, 0.15) is 22.2 Å². The van der Waals surface area contributed by atoms with Crippen molar-refractivity contribution in [3.63, 3.8) is 0 Å². The molecule has 0 radical (unpaired) electrons. The number of nitrogens with one attached hydrogen (secondary N) is 1. The van der Waals surface area contributed by atoms with Crippen molar-refractivity contribution in [3.05, 3.63) is 46.9 Å². The predicted molar refractivity (Wildman–Crippen MR) is 87.4 cm³/mol. The molecule has 0 saturated heterocycles. The van der Waals surface area contributed by atoms with Crippen LogP contribution in [0.15, 0.2) is 33.6 Å². The third-order valence-corrected chi connectivity index (χ3v) is 5.43. The number of ether oxygens (including phenoxy) is 1. The Kier molecular flexibility index (Phi) is 4.13. The summed E-state index contributed by atoms with van der Waals surface area (Å²) >= 11 is 0. The van der Waals surface area contributed by atoms with E-state index in [-0.39, 0.29) is 10.7 Å². The number of hydrogen-bond donors (Lipinski definition) is 1. The Balaban J connectivity index is 1.76. The smallest absolute Gasteiger partial charge is 0.274 e. The van der Waals surface area contributed by atoms with E-state index in [0.717, 1.165) is 11.1 Å². The fourth-order valence-corrected chi connectivity index (χ4v) is 4.08. The van der Waals surface area contributed by atoms with E-state index in [1.807, 2.05) is 25.1 Å². The molecule has 2 aromatic rings. The van der Waals surface area contributed by atoms with Crippen LogP contribution in [0.25, 0.3) is 0 Å². The molecule has 24 heavy (non-hydrogen) atoms. The summed E-state index contributed by atoms with van der Waals surface area (Å²) in [4.78, 5) is 12.3. The molecule has 6 nitrogen and oxygen atoms in total. The molecule has 1 N–H and O–H groups in total. The molecule has 1 atom stereocenters. The Morgan fingerprint density at radius 1 is 1.21 bits per heavy atom. The fraction of sp³-hybridized carbons (Fsp3) is 0.353. The number of carbonyl (C=O) groups is 1. The van der Waals surface area contributed by atoms with Crippen LogP contribution in [-0.4, -0.2) is 20.4 Å². The molecule has 1 unspecified atom stereocenters. The van der Waals surface area contributed by atoms with Crippen LogP contribution in [0.5, 0.6) is 5.75 Å². The lowest BCUT2D eigenvalue weighted by atomic mass is 10.0. The van der Waals surface area contributed by atoms with Gasteiger partial charge in [0.15, 0.2) is 6.10 Å². The SMILES string of the molecule is Cc1ccc2c(c1)CCC(C(=O)NS(=O)(=O)c1cc(C)oc1C)O2. The summed E-state index contributed by atoms with van der Waals surface area (Å²) in [5, 5.41) is 0. The number of carbonyl (C=O) groups excluding carboxylic acids is 1. The number of benzene rings is 1. The fourth-order valence-electron chi connectivity index (χ4n) is 2.83. The zero-order valence-corrected chi connectivity index (χ0v) is 14.6. The van der Waals surface area contributed by atoms with Crippen LogP contribution in [0, 0.1) is 20.8 Å². The van der Waals surface area contributed by atoms with Crippen molar-refractivity contribution < 1.29 is 22.4 Å². The van der Waals surface area contributed by atoms with Crippen LogP contribution in [0.4, 0.5) is 0 Å². The number of aryl methyl sites for hydroxylation is 4. The van der Waals surface area contributed by atoms with Gasteiger partial charge in [-0.25, -0.2) is 13.1 Å². The van der Waals surface area contributed by atoms with Gasteiger partial charge in [-0.1, -0.05) is 17.7 Å². The monoisotopic (exact) mass is 349 g/mol. The van der Waals surface area contributed by atoms with Crippen LogP contribution in [0.2, 0.25) is 0 Å². The van der Waals surface area contributed by atoms with E-state index in [4.69, 9.17) is 9.15 Å². The Morgan fingerprint density at radius 3 is 2.62 bits per heavy atom. The molecule has 1 amide bonds. The molecule has 0 fully saturated rings. The largest absolute Gasteiger partial charge is 0.480 e. The molecule has 0 aliphatic carbocycles. The van der Waals surface area contributed by atoms with Gasteiger partial charge in [-0.05, 0) is 45.2 Å². The first-order chi connectivity index (χ1) is 11.3. The quantitative estimate of drug-likeness (QED) is 0.920. The molecule has 0 bridgehead atoms. The average molecular weight is 349 g/mol. The van der Waals surface area contributed by atoms with Gasteiger partial charge in [-0.15, -0.1) is 0 Å². The molecule has 128 valence electrons. The molecule has 1 aromatic heterocycles. The summed E-state index contributed by atoms with van der Waals surface area (Å²) in [6.07, 6.45) is 0.267. The predicted octanol–water partition coefficient (Wildman–Crippen LogP) is 2.40. The summed E-state index contributed by atoms with van der Waals surface area (Å²) in [7, 11) is -3.98. The third kappa shape index (κ3) is 3.17. The lowest BCUT2D eigenvalue weighted by Gasteiger charge is -2.25. The molecular formula is C17H19NO5S. The molecule has 0 spiro atoms. The number of furan rings is 1. The first kappa shape index (κ1) is 16.6. The maximum absolute atomic E-state index is 12.4. The topological polar surface area (TPSA) is 85.6 Å². The van der Waals surface area contributed by atoms with Crippen molar-refractivity contribution in [1.82, 2.24) is 4.72 Å². The molecule has 1 aliphatic heterocycles. The van der Waals surface area contributed by atoms with E-state index in [2.05, 4.69) is 4.72 Å². The lowest BCUT2D eigenvalue weighted by molar-refractivity contribution is -0.126. The first-order valence-electron chi connectivity index (χ1n) is 7.66. The highest BCUT2D eigenvalue weighted by Gasteiger charge is 2.31. The van der Waals surface area contributed by atoms with E-state index in [1.54, 1.807) is 13.8 Å². The lowest BCUT2D eigenvalue weighted by Crippen LogP contribution is -2.43. The minimum atomic E-state index is -3.98. The minimum Gasteiger partial charge on any atom is -0.480 e. The summed E-state index contributed by atoms with van der Waals surface area (Å²) in [6.45, 7) is 5.18. The first-order valence-corrected chi connectivity index (χ1v) is 9.14. The van der Waals surface area contributed by atoms with Crippen molar-refractivity contribution in [2.45, 2.75) is 44.6 Å². The zero-order valence-electron chi connectivity index (χ0n) is 13.8. The van der Waals surface area contributed by atoms with Crippen molar-refractivity contribution in [2.75, 3.05) is 0 Å². The standard InChI is InChI=1S/C17H19NO5S/c1-10-4-6-14-13(8-10)5-7-15(23-14)17(19)18-24(20,21)16-9-11(2)22-12(16)3/h4,6,8-9,15H,5,7H2,1-3H3,(H,18,19). The van der Waals surface area contributed by atoms with Gasteiger partial charge >= 0.3 is 0 Å². The minimum absolute atomic E-state index is 0.0276. The number of hydrogen-bond acceptors (Lipinski definition) is 5. The Bertz CT molecular complexity index is 898. The maximum Gasteiger partial charge on any atom is 0.274 e. The van der Waals surface area contributed by atoms with Gasteiger partial charge < -0.3 is 9.15 Å². The molecule has 0 saturated carbocycles. The molecule has 1 aromatic carbocycles. The second kappa shape index (κ2) is 5.98. The zero-order chi connectivity index (χ0) is 17.5. The average Bonchev–Trinajstić information content (AvgIpc) is 2.85. The van der Waals surface area contributed by atoms with Crippen LogP contribution >= 0.6 is 0 Å². The van der Waals surface area contributed by atoms with Crippen molar-refractivity contribution in [1.29, 1.82) is 0 Å². The number of sulfonamides is 1. The van der Waals surface area contributed by atoms with Crippen molar-refractivity contribution in [3.8, 4) is 5.75 Å². The van der Waals surface area contributed by atoms with Crippen LogP contribution < -0.4 is 9.46 Å². The van der Waals surface area contributed by atoms with Gasteiger partial charge in [0.25, 0.3) is 15.9 Å². The summed E-state index contributed by atoms with van der Waals surface area (Å²) in [6, 6.07) is 7.11. The Hall–Kier alpha value is -2.28. The number of fused-ring (bicyclic) bond motifs is 1. The second-order valence-electron chi connectivity index (χ2n) is 6.00. The molecule has 7 heteroatoms. The number of rotatable bonds is 3.